The van der Waals surface area contributed by atoms with Crippen molar-refractivity contribution in [2.75, 3.05) is 6.54 Å². The summed E-state index contributed by atoms with van der Waals surface area (Å²) in [5.74, 6) is 2.00. The Morgan fingerprint density at radius 3 is 2.56 bits per heavy atom. The average molecular weight is 391 g/mol. The van der Waals surface area contributed by atoms with Gasteiger partial charge in [0.2, 0.25) is 15.9 Å². The van der Waals surface area contributed by atoms with Crippen molar-refractivity contribution < 1.29 is 13.2 Å². The molecule has 2 aliphatic carbocycles. The third-order valence-corrected chi connectivity index (χ3v) is 8.83. The fourth-order valence-electron chi connectivity index (χ4n) is 5.52. The molecule has 6 heteroatoms. The highest BCUT2D eigenvalue weighted by Crippen LogP contribution is 2.49. The molecular weight excluding hydrogens is 360 g/mol. The zero-order valence-electron chi connectivity index (χ0n) is 16.0. The van der Waals surface area contributed by atoms with Crippen LogP contribution in [0.5, 0.6) is 0 Å². The van der Waals surface area contributed by atoms with Gasteiger partial charge in [0.1, 0.15) is 6.04 Å². The lowest BCUT2D eigenvalue weighted by Gasteiger charge is -2.36. The maximum Gasteiger partial charge on any atom is 0.243 e. The van der Waals surface area contributed by atoms with Gasteiger partial charge >= 0.3 is 0 Å². The molecule has 1 saturated heterocycles. The number of benzene rings is 1. The van der Waals surface area contributed by atoms with Crippen LogP contribution >= 0.6 is 0 Å². The molecule has 2 bridgehead atoms. The van der Waals surface area contributed by atoms with Gasteiger partial charge in [-0.15, -0.1) is 0 Å². The maximum atomic E-state index is 13.1. The minimum Gasteiger partial charge on any atom is -0.352 e. The molecule has 0 spiro atoms. The van der Waals surface area contributed by atoms with E-state index < -0.39 is 16.1 Å². The smallest absolute Gasteiger partial charge is 0.243 e. The second-order valence-electron chi connectivity index (χ2n) is 8.58. The topological polar surface area (TPSA) is 66.5 Å². The molecule has 0 aromatic heterocycles. The fourth-order valence-corrected chi connectivity index (χ4v) is 7.19. The summed E-state index contributed by atoms with van der Waals surface area (Å²) in [4.78, 5) is 13.3. The van der Waals surface area contributed by atoms with E-state index in [1.165, 1.54) is 30.0 Å². The van der Waals surface area contributed by atoms with Gasteiger partial charge in [-0.1, -0.05) is 31.0 Å². The lowest BCUT2D eigenvalue weighted by atomic mass is 9.84. The Hall–Kier alpha value is -1.40. The van der Waals surface area contributed by atoms with Gasteiger partial charge in [0, 0.05) is 12.6 Å². The van der Waals surface area contributed by atoms with Crippen LogP contribution in [0.1, 0.15) is 51.9 Å². The minimum atomic E-state index is -3.65. The number of fused-ring (bicyclic) bond motifs is 2. The first kappa shape index (κ1) is 18.9. The van der Waals surface area contributed by atoms with E-state index in [4.69, 9.17) is 0 Å². The van der Waals surface area contributed by atoms with E-state index in [2.05, 4.69) is 12.2 Å². The van der Waals surface area contributed by atoms with E-state index in [1.54, 1.807) is 30.3 Å². The Kier molecular flexibility index (Phi) is 5.30. The molecule has 5 atom stereocenters. The van der Waals surface area contributed by atoms with Crippen LogP contribution in [-0.4, -0.2) is 37.3 Å². The van der Waals surface area contributed by atoms with Crippen molar-refractivity contribution >= 4 is 15.9 Å². The summed E-state index contributed by atoms with van der Waals surface area (Å²) in [7, 11) is -3.65. The summed E-state index contributed by atoms with van der Waals surface area (Å²) in [6.07, 6.45) is 7.44. The standard InChI is InChI=1S/C21H30N2O3S/c1-15(19-14-16-10-11-17(19)13-16)22-21(24)20-9-5-6-12-23(20)27(25,26)18-7-3-2-4-8-18/h2-4,7-8,15-17,19-20H,5-6,9-14H2,1H3,(H,22,24)/t15-,16-,17-,19+,20-/m0/s1. The second-order valence-corrected chi connectivity index (χ2v) is 10.5. The number of sulfonamides is 1. The van der Waals surface area contributed by atoms with Crippen LogP contribution in [0.15, 0.2) is 35.2 Å². The van der Waals surface area contributed by atoms with Gasteiger partial charge < -0.3 is 5.32 Å². The van der Waals surface area contributed by atoms with Crippen molar-refractivity contribution in [2.45, 2.75) is 68.8 Å². The molecule has 1 amide bonds. The van der Waals surface area contributed by atoms with Crippen molar-refractivity contribution in [3.63, 3.8) is 0 Å². The van der Waals surface area contributed by atoms with Gasteiger partial charge in [0.25, 0.3) is 0 Å². The van der Waals surface area contributed by atoms with Crippen molar-refractivity contribution in [1.82, 2.24) is 9.62 Å². The van der Waals surface area contributed by atoms with Crippen LogP contribution in [-0.2, 0) is 14.8 Å². The SMILES string of the molecule is C[C@H](NC(=O)[C@@H]1CCCCN1S(=O)(=O)c1ccccc1)[C@H]1C[C@H]2CC[C@H]1C2. The minimum absolute atomic E-state index is 0.121. The summed E-state index contributed by atoms with van der Waals surface area (Å²) >= 11 is 0. The first-order chi connectivity index (χ1) is 13.0. The van der Waals surface area contributed by atoms with Crippen LogP contribution in [0, 0.1) is 17.8 Å². The third kappa shape index (κ3) is 3.66. The molecule has 1 aromatic rings. The zero-order valence-corrected chi connectivity index (χ0v) is 16.8. The van der Waals surface area contributed by atoms with E-state index in [0.29, 0.717) is 18.9 Å². The van der Waals surface area contributed by atoms with Crippen LogP contribution in [0.3, 0.4) is 0 Å². The van der Waals surface area contributed by atoms with E-state index in [0.717, 1.165) is 24.7 Å². The van der Waals surface area contributed by atoms with Crippen molar-refractivity contribution in [3.05, 3.63) is 30.3 Å². The van der Waals surface area contributed by atoms with Crippen LogP contribution in [0.25, 0.3) is 0 Å². The summed E-state index contributed by atoms with van der Waals surface area (Å²) in [6.45, 7) is 2.51. The molecule has 2 saturated carbocycles. The molecule has 1 aromatic carbocycles. The Bertz CT molecular complexity index is 780. The number of carbonyl (C=O) groups excluding carboxylic acids is 1. The monoisotopic (exact) mass is 390 g/mol. The molecule has 1 aliphatic heterocycles. The summed E-state index contributed by atoms with van der Waals surface area (Å²) < 4.78 is 27.6. The number of hydrogen-bond acceptors (Lipinski definition) is 3. The predicted molar refractivity (Wildman–Crippen MR) is 105 cm³/mol. The number of nitrogens with zero attached hydrogens (tertiary/aromatic N) is 1. The summed E-state index contributed by atoms with van der Waals surface area (Å²) in [6, 6.07) is 8.00. The highest BCUT2D eigenvalue weighted by molar-refractivity contribution is 7.89. The first-order valence-corrected chi connectivity index (χ1v) is 11.8. The first-order valence-electron chi connectivity index (χ1n) is 10.3. The molecule has 3 fully saturated rings. The molecule has 148 valence electrons. The Morgan fingerprint density at radius 2 is 1.89 bits per heavy atom. The van der Waals surface area contributed by atoms with E-state index in [-0.39, 0.29) is 16.8 Å². The molecule has 3 aliphatic rings. The van der Waals surface area contributed by atoms with E-state index >= 15 is 0 Å². The van der Waals surface area contributed by atoms with Crippen molar-refractivity contribution in [1.29, 1.82) is 0 Å². The van der Waals surface area contributed by atoms with Gasteiger partial charge in [0.15, 0.2) is 0 Å². The lowest BCUT2D eigenvalue weighted by Crippen LogP contribution is -2.54. The zero-order chi connectivity index (χ0) is 19.0. The van der Waals surface area contributed by atoms with Gasteiger partial charge in [-0.25, -0.2) is 8.42 Å². The van der Waals surface area contributed by atoms with Gasteiger partial charge in [-0.2, -0.15) is 4.31 Å². The van der Waals surface area contributed by atoms with Crippen LogP contribution < -0.4 is 5.32 Å². The van der Waals surface area contributed by atoms with Gasteiger partial charge in [0.05, 0.1) is 4.90 Å². The summed E-state index contributed by atoms with van der Waals surface area (Å²) in [5.41, 5.74) is 0. The molecule has 1 heterocycles. The highest BCUT2D eigenvalue weighted by atomic mass is 32.2. The number of piperidine rings is 1. The second kappa shape index (κ2) is 7.55. The molecule has 4 rings (SSSR count). The number of hydrogen-bond donors (Lipinski definition) is 1. The highest BCUT2D eigenvalue weighted by Gasteiger charge is 2.43. The Balaban J connectivity index is 1.48. The quantitative estimate of drug-likeness (QED) is 0.840. The number of amides is 1. The molecular formula is C21H30N2O3S. The number of carbonyl (C=O) groups is 1. The molecule has 0 radical (unpaired) electrons. The summed E-state index contributed by atoms with van der Waals surface area (Å²) in [5, 5.41) is 3.18. The molecule has 5 nitrogen and oxygen atoms in total. The molecule has 1 N–H and O–H groups in total. The van der Waals surface area contributed by atoms with Crippen molar-refractivity contribution in [3.8, 4) is 0 Å². The van der Waals surface area contributed by atoms with Gasteiger partial charge in [-0.3, -0.25) is 4.79 Å². The number of rotatable bonds is 5. The average Bonchev–Trinajstić information content (AvgIpc) is 3.32. The predicted octanol–water partition coefficient (Wildman–Crippen LogP) is 3.17. The van der Waals surface area contributed by atoms with E-state index in [1.807, 2.05) is 0 Å². The van der Waals surface area contributed by atoms with E-state index in [9.17, 15) is 13.2 Å². The number of nitrogens with one attached hydrogen (secondary N) is 1. The normalized spacial score (nSPS) is 32.3. The fraction of sp³-hybridized carbons (Fsp3) is 0.667. The van der Waals surface area contributed by atoms with Crippen LogP contribution in [0.4, 0.5) is 0 Å². The maximum absolute atomic E-state index is 13.1. The molecule has 0 unspecified atom stereocenters. The Morgan fingerprint density at radius 1 is 1.11 bits per heavy atom. The Labute approximate surface area is 162 Å². The van der Waals surface area contributed by atoms with Crippen molar-refractivity contribution in [2.24, 2.45) is 17.8 Å². The third-order valence-electron chi connectivity index (χ3n) is 6.91. The lowest BCUT2D eigenvalue weighted by molar-refractivity contribution is -0.126. The van der Waals surface area contributed by atoms with Gasteiger partial charge in [-0.05, 0) is 68.9 Å². The largest absolute Gasteiger partial charge is 0.352 e. The molecule has 27 heavy (non-hydrogen) atoms. The van der Waals surface area contributed by atoms with Crippen LogP contribution in [0.2, 0.25) is 0 Å².